The van der Waals surface area contributed by atoms with Crippen LogP contribution in [-0.4, -0.2) is 53.2 Å². The molecule has 2 aromatic heterocycles. The summed E-state index contributed by atoms with van der Waals surface area (Å²) in [5.74, 6) is 1.27. The predicted octanol–water partition coefficient (Wildman–Crippen LogP) is 3.00. The number of para-hydroxylation sites is 1. The Bertz CT molecular complexity index is 1310. The number of thiophene rings is 1. The van der Waals surface area contributed by atoms with E-state index in [9.17, 15) is 9.59 Å². The topological polar surface area (TPSA) is 67.7 Å². The molecule has 3 aromatic rings. The third kappa shape index (κ3) is 3.87. The number of nitrogens with zero attached hydrogens (tertiary/aromatic N) is 4. The quantitative estimate of drug-likeness (QED) is 0.577. The molecule has 0 bridgehead atoms. The minimum atomic E-state index is -0.0545. The van der Waals surface area contributed by atoms with E-state index in [0.29, 0.717) is 38.0 Å². The summed E-state index contributed by atoms with van der Waals surface area (Å²) in [6, 6.07) is 8.04. The zero-order valence-electron chi connectivity index (χ0n) is 19.6. The van der Waals surface area contributed by atoms with Crippen molar-refractivity contribution in [2.24, 2.45) is 5.92 Å². The van der Waals surface area contributed by atoms with Crippen LogP contribution in [0.3, 0.4) is 0 Å². The molecule has 1 fully saturated rings. The number of ether oxygens (including phenoxy) is 1. The Labute approximate surface area is 203 Å². The van der Waals surface area contributed by atoms with Crippen LogP contribution in [0.15, 0.2) is 29.1 Å². The normalized spacial score (nSPS) is 20.5. The second-order valence-electron chi connectivity index (χ2n) is 9.76. The molecule has 1 unspecified atom stereocenters. The highest BCUT2D eigenvalue weighted by molar-refractivity contribution is 7.18. The number of benzene rings is 1. The van der Waals surface area contributed by atoms with Crippen molar-refractivity contribution in [2.45, 2.75) is 45.7 Å². The Morgan fingerprint density at radius 1 is 1.18 bits per heavy atom. The van der Waals surface area contributed by atoms with Crippen LogP contribution >= 0.6 is 11.3 Å². The standard InChI is InChI=1S/C26H30N4O3S/c1-17-6-7-19-21(14-17)34-25-24(19)26(32)30(22(27-25)15-28-10-12-33-13-11-28)16-23(31)29-9-8-18-4-2-3-5-20(18)29/h2-5,17H,6-16H2,1H3. The number of hydrogen-bond donors (Lipinski definition) is 0. The van der Waals surface area contributed by atoms with Crippen molar-refractivity contribution in [2.75, 3.05) is 37.7 Å². The summed E-state index contributed by atoms with van der Waals surface area (Å²) >= 11 is 1.67. The Balaban J connectivity index is 1.40. The number of anilines is 1. The maximum absolute atomic E-state index is 13.9. The van der Waals surface area contributed by atoms with Gasteiger partial charge in [0.25, 0.3) is 5.56 Å². The van der Waals surface area contributed by atoms with Gasteiger partial charge < -0.3 is 9.64 Å². The van der Waals surface area contributed by atoms with Crippen molar-refractivity contribution in [3.05, 3.63) is 56.4 Å². The molecule has 0 saturated carbocycles. The first-order valence-electron chi connectivity index (χ1n) is 12.3. The summed E-state index contributed by atoms with van der Waals surface area (Å²) in [5.41, 5.74) is 3.26. The zero-order chi connectivity index (χ0) is 23.2. The van der Waals surface area contributed by atoms with Crippen molar-refractivity contribution in [1.29, 1.82) is 0 Å². The number of amides is 1. The predicted molar refractivity (Wildman–Crippen MR) is 134 cm³/mol. The highest BCUT2D eigenvalue weighted by Gasteiger charge is 2.29. The molecule has 0 spiro atoms. The molecular formula is C26H30N4O3S. The third-order valence-electron chi connectivity index (χ3n) is 7.44. The monoisotopic (exact) mass is 478 g/mol. The van der Waals surface area contributed by atoms with E-state index in [1.807, 2.05) is 23.1 Å². The number of fused-ring (bicyclic) bond motifs is 4. The molecule has 2 aliphatic heterocycles. The van der Waals surface area contributed by atoms with Gasteiger partial charge in [-0.25, -0.2) is 4.98 Å². The van der Waals surface area contributed by atoms with Crippen molar-refractivity contribution in [3.63, 3.8) is 0 Å². The smallest absolute Gasteiger partial charge is 0.263 e. The van der Waals surface area contributed by atoms with Crippen molar-refractivity contribution < 1.29 is 9.53 Å². The van der Waals surface area contributed by atoms with E-state index in [-0.39, 0.29) is 18.0 Å². The fourth-order valence-corrected chi connectivity index (χ4v) is 6.92. The van der Waals surface area contributed by atoms with Gasteiger partial charge in [-0.05, 0) is 48.8 Å². The Kier molecular flexibility index (Phi) is 5.75. The highest BCUT2D eigenvalue weighted by Crippen LogP contribution is 2.36. The van der Waals surface area contributed by atoms with Crippen LogP contribution in [0.25, 0.3) is 10.2 Å². The molecule has 8 heteroatoms. The molecule has 1 aliphatic carbocycles. The van der Waals surface area contributed by atoms with E-state index in [1.54, 1.807) is 15.9 Å². The maximum atomic E-state index is 13.9. The third-order valence-corrected chi connectivity index (χ3v) is 8.59. The average Bonchev–Trinajstić information content (AvgIpc) is 3.43. The number of carbonyl (C=O) groups excluding carboxylic acids is 1. The van der Waals surface area contributed by atoms with Gasteiger partial charge in [-0.15, -0.1) is 11.3 Å². The van der Waals surface area contributed by atoms with Crippen LogP contribution in [0.5, 0.6) is 0 Å². The van der Waals surface area contributed by atoms with Crippen molar-refractivity contribution in [1.82, 2.24) is 14.5 Å². The van der Waals surface area contributed by atoms with E-state index >= 15 is 0 Å². The van der Waals surface area contributed by atoms with Crippen LogP contribution in [0, 0.1) is 5.92 Å². The number of hydrogen-bond acceptors (Lipinski definition) is 6. The second-order valence-corrected chi connectivity index (χ2v) is 10.8. The summed E-state index contributed by atoms with van der Waals surface area (Å²) in [4.78, 5) is 38.6. The molecule has 6 rings (SSSR count). The van der Waals surface area contributed by atoms with Gasteiger partial charge in [-0.1, -0.05) is 25.1 Å². The van der Waals surface area contributed by atoms with Gasteiger partial charge in [0, 0.05) is 30.2 Å². The maximum Gasteiger partial charge on any atom is 0.263 e. The van der Waals surface area contributed by atoms with Crippen LogP contribution in [-0.2, 0) is 41.9 Å². The fraction of sp³-hybridized carbons (Fsp3) is 0.500. The van der Waals surface area contributed by atoms with Gasteiger partial charge in [0.15, 0.2) is 0 Å². The highest BCUT2D eigenvalue weighted by atomic mass is 32.1. The molecule has 0 radical (unpaired) electrons. The van der Waals surface area contributed by atoms with Gasteiger partial charge >= 0.3 is 0 Å². The SMILES string of the molecule is CC1CCc2c(sc3nc(CN4CCOCC4)n(CC(=O)N4CCc5ccccc54)c(=O)c23)C1. The van der Waals surface area contributed by atoms with Gasteiger partial charge in [-0.2, -0.15) is 0 Å². The molecule has 7 nitrogen and oxygen atoms in total. The lowest BCUT2D eigenvalue weighted by Crippen LogP contribution is -2.40. The number of carbonyl (C=O) groups is 1. The first-order chi connectivity index (χ1) is 16.6. The molecule has 34 heavy (non-hydrogen) atoms. The van der Waals surface area contributed by atoms with Gasteiger partial charge in [0.05, 0.1) is 25.1 Å². The van der Waals surface area contributed by atoms with E-state index in [4.69, 9.17) is 9.72 Å². The molecule has 1 atom stereocenters. The Morgan fingerprint density at radius 3 is 2.85 bits per heavy atom. The lowest BCUT2D eigenvalue weighted by atomic mass is 9.89. The van der Waals surface area contributed by atoms with Crippen LogP contribution in [0.4, 0.5) is 5.69 Å². The van der Waals surface area contributed by atoms with E-state index in [2.05, 4.69) is 17.9 Å². The minimum absolute atomic E-state index is 0.0246. The van der Waals surface area contributed by atoms with E-state index in [1.165, 1.54) is 16.0 Å². The molecule has 1 aromatic carbocycles. The van der Waals surface area contributed by atoms with Gasteiger partial charge in [0.2, 0.25) is 5.91 Å². The molecule has 3 aliphatic rings. The van der Waals surface area contributed by atoms with Gasteiger partial charge in [0.1, 0.15) is 17.2 Å². The number of aryl methyl sites for hydroxylation is 1. The van der Waals surface area contributed by atoms with Crippen molar-refractivity contribution in [3.8, 4) is 0 Å². The summed E-state index contributed by atoms with van der Waals surface area (Å²) in [6.45, 7) is 6.48. The second kappa shape index (κ2) is 8.91. The fourth-order valence-electron chi connectivity index (χ4n) is 5.53. The van der Waals surface area contributed by atoms with Crippen LogP contribution < -0.4 is 10.5 Å². The van der Waals surface area contributed by atoms with Crippen molar-refractivity contribution >= 4 is 33.1 Å². The van der Waals surface area contributed by atoms with Crippen LogP contribution in [0.2, 0.25) is 0 Å². The molecule has 0 N–H and O–H groups in total. The average molecular weight is 479 g/mol. The largest absolute Gasteiger partial charge is 0.379 e. The summed E-state index contributed by atoms with van der Waals surface area (Å²) in [6.07, 6.45) is 3.88. The van der Waals surface area contributed by atoms with Gasteiger partial charge in [-0.3, -0.25) is 19.1 Å². The molecule has 178 valence electrons. The lowest BCUT2D eigenvalue weighted by Gasteiger charge is -2.27. The first kappa shape index (κ1) is 21.9. The van der Waals surface area contributed by atoms with E-state index in [0.717, 1.165) is 54.7 Å². The summed E-state index contributed by atoms with van der Waals surface area (Å²) < 4.78 is 7.16. The Morgan fingerprint density at radius 2 is 2.00 bits per heavy atom. The first-order valence-corrected chi connectivity index (χ1v) is 13.1. The Hall–Kier alpha value is -2.55. The molecule has 4 heterocycles. The lowest BCUT2D eigenvalue weighted by molar-refractivity contribution is -0.119. The molecule has 1 saturated heterocycles. The number of morpholine rings is 1. The number of aromatic nitrogens is 2. The summed E-state index contributed by atoms with van der Waals surface area (Å²) in [7, 11) is 0. The minimum Gasteiger partial charge on any atom is -0.379 e. The van der Waals surface area contributed by atoms with Crippen LogP contribution in [0.1, 0.15) is 35.2 Å². The zero-order valence-corrected chi connectivity index (χ0v) is 20.4. The van der Waals surface area contributed by atoms with E-state index < -0.39 is 0 Å². The number of rotatable bonds is 4. The molecular weight excluding hydrogens is 448 g/mol. The summed E-state index contributed by atoms with van der Waals surface area (Å²) in [5, 5.41) is 0.743. The molecule has 1 amide bonds.